The highest BCUT2D eigenvalue weighted by Gasteiger charge is 2.31. The van der Waals surface area contributed by atoms with Crippen LogP contribution in [0.2, 0.25) is 0 Å². The Morgan fingerprint density at radius 2 is 1.50 bits per heavy atom. The number of hydrogen-bond donors (Lipinski definition) is 1. The van der Waals surface area contributed by atoms with E-state index in [-0.39, 0.29) is 5.56 Å². The molecule has 3 heteroatoms. The van der Waals surface area contributed by atoms with Gasteiger partial charge in [-0.15, -0.1) is 0 Å². The molecule has 0 heterocycles. The van der Waals surface area contributed by atoms with Gasteiger partial charge in [0.05, 0.1) is 5.54 Å². The number of aryl methyl sites for hydroxylation is 1. The topological polar surface area (TPSA) is 26.0 Å². The molecule has 0 aliphatic carbocycles. The van der Waals surface area contributed by atoms with E-state index in [1.807, 2.05) is 25.1 Å². The third-order valence-corrected chi connectivity index (χ3v) is 3.19. The maximum absolute atomic E-state index is 13.8. The number of nitrogens with two attached hydrogens (primary N) is 1. The number of halogens is 2. The van der Waals surface area contributed by atoms with Crippen LogP contribution in [0.25, 0.3) is 0 Å². The number of hydrogen-bond acceptors (Lipinski definition) is 1. The predicted molar refractivity (Wildman–Crippen MR) is 68.2 cm³/mol. The molecule has 0 radical (unpaired) electrons. The second kappa shape index (κ2) is 4.50. The summed E-state index contributed by atoms with van der Waals surface area (Å²) in [5, 5.41) is 0. The molecule has 2 N–H and O–H groups in total. The van der Waals surface area contributed by atoms with Crippen LogP contribution in [-0.4, -0.2) is 0 Å². The number of benzene rings is 2. The fourth-order valence-corrected chi connectivity index (χ4v) is 2.28. The van der Waals surface area contributed by atoms with Crippen LogP contribution in [0.15, 0.2) is 42.5 Å². The minimum absolute atomic E-state index is 0.0979. The van der Waals surface area contributed by atoms with Crippen LogP contribution in [0.5, 0.6) is 0 Å². The van der Waals surface area contributed by atoms with Gasteiger partial charge in [-0.3, -0.25) is 0 Å². The normalized spacial score (nSPS) is 14.3. The Bertz CT molecular complexity index is 556. The molecule has 0 aliphatic rings. The van der Waals surface area contributed by atoms with Crippen molar-refractivity contribution in [3.63, 3.8) is 0 Å². The fraction of sp³-hybridized carbons (Fsp3) is 0.200. The average Bonchev–Trinajstić information content (AvgIpc) is 2.28. The third-order valence-electron chi connectivity index (χ3n) is 3.19. The van der Waals surface area contributed by atoms with E-state index in [2.05, 4.69) is 0 Å². The molecule has 94 valence electrons. The van der Waals surface area contributed by atoms with E-state index >= 15 is 0 Å². The average molecular weight is 247 g/mol. The lowest BCUT2D eigenvalue weighted by Gasteiger charge is -2.28. The van der Waals surface area contributed by atoms with Gasteiger partial charge in [-0.25, -0.2) is 8.78 Å². The Morgan fingerprint density at radius 1 is 0.944 bits per heavy atom. The zero-order valence-electron chi connectivity index (χ0n) is 10.4. The molecule has 2 aromatic rings. The van der Waals surface area contributed by atoms with Crippen LogP contribution in [0, 0.1) is 18.6 Å². The highest BCUT2D eigenvalue weighted by molar-refractivity contribution is 5.42. The summed E-state index contributed by atoms with van der Waals surface area (Å²) in [7, 11) is 0. The van der Waals surface area contributed by atoms with Gasteiger partial charge in [-0.05, 0) is 37.1 Å². The molecule has 0 aliphatic heterocycles. The summed E-state index contributed by atoms with van der Waals surface area (Å²) in [6.07, 6.45) is 0. The van der Waals surface area contributed by atoms with Crippen molar-refractivity contribution < 1.29 is 8.78 Å². The maximum atomic E-state index is 13.8. The Labute approximate surface area is 105 Å². The molecule has 0 saturated carbocycles. The Kier molecular flexibility index (Phi) is 3.18. The van der Waals surface area contributed by atoms with Gasteiger partial charge >= 0.3 is 0 Å². The van der Waals surface area contributed by atoms with E-state index in [1.54, 1.807) is 13.0 Å². The summed E-state index contributed by atoms with van der Waals surface area (Å²) in [5.74, 6) is -1.24. The van der Waals surface area contributed by atoms with Crippen LogP contribution in [0.3, 0.4) is 0 Å². The van der Waals surface area contributed by atoms with E-state index in [4.69, 9.17) is 5.73 Å². The van der Waals surface area contributed by atoms with E-state index in [0.29, 0.717) is 5.56 Å². The van der Waals surface area contributed by atoms with E-state index in [1.165, 1.54) is 18.2 Å². The first-order valence-corrected chi connectivity index (χ1v) is 5.74. The lowest BCUT2D eigenvalue weighted by Crippen LogP contribution is -2.37. The van der Waals surface area contributed by atoms with E-state index in [9.17, 15) is 8.78 Å². The standard InChI is InChI=1S/C15H15F2N/c1-10-6-3-4-7-11(10)15(2,18)14-12(16)8-5-9-13(14)17/h3-9H,18H2,1-2H3. The largest absolute Gasteiger partial charge is 0.318 e. The predicted octanol–water partition coefficient (Wildman–Crippen LogP) is 3.50. The van der Waals surface area contributed by atoms with Crippen LogP contribution in [0.1, 0.15) is 23.6 Å². The lowest BCUT2D eigenvalue weighted by molar-refractivity contribution is 0.481. The monoisotopic (exact) mass is 247 g/mol. The molecule has 18 heavy (non-hydrogen) atoms. The molecular weight excluding hydrogens is 232 g/mol. The first-order chi connectivity index (χ1) is 8.44. The SMILES string of the molecule is Cc1ccccc1C(C)(N)c1c(F)cccc1F. The van der Waals surface area contributed by atoms with Crippen molar-refractivity contribution in [2.75, 3.05) is 0 Å². The molecule has 0 spiro atoms. The van der Waals surface area contributed by atoms with Gasteiger partial charge < -0.3 is 5.73 Å². The van der Waals surface area contributed by atoms with Crippen molar-refractivity contribution in [2.24, 2.45) is 5.73 Å². The summed E-state index contributed by atoms with van der Waals surface area (Å²) >= 11 is 0. The van der Waals surface area contributed by atoms with Gasteiger partial charge in [0, 0.05) is 5.56 Å². The van der Waals surface area contributed by atoms with Gasteiger partial charge in [0.25, 0.3) is 0 Å². The fourth-order valence-electron chi connectivity index (χ4n) is 2.28. The Balaban J connectivity index is 2.66. The molecule has 0 aromatic heterocycles. The first kappa shape index (κ1) is 12.7. The molecule has 2 aromatic carbocycles. The van der Waals surface area contributed by atoms with Crippen molar-refractivity contribution in [1.82, 2.24) is 0 Å². The minimum atomic E-state index is -1.19. The molecule has 1 nitrogen and oxygen atoms in total. The van der Waals surface area contributed by atoms with Crippen molar-refractivity contribution in [1.29, 1.82) is 0 Å². The van der Waals surface area contributed by atoms with Gasteiger partial charge in [-0.2, -0.15) is 0 Å². The molecule has 0 fully saturated rings. The highest BCUT2D eigenvalue weighted by atomic mass is 19.1. The zero-order valence-corrected chi connectivity index (χ0v) is 10.4. The molecule has 0 bridgehead atoms. The molecule has 0 saturated heterocycles. The summed E-state index contributed by atoms with van der Waals surface area (Å²) in [6.45, 7) is 3.50. The smallest absolute Gasteiger partial charge is 0.131 e. The van der Waals surface area contributed by atoms with Crippen LogP contribution >= 0.6 is 0 Å². The summed E-state index contributed by atoms with van der Waals surface area (Å²) in [4.78, 5) is 0. The van der Waals surface area contributed by atoms with Crippen molar-refractivity contribution in [3.05, 3.63) is 70.8 Å². The van der Waals surface area contributed by atoms with Gasteiger partial charge in [0.15, 0.2) is 0 Å². The quantitative estimate of drug-likeness (QED) is 0.863. The van der Waals surface area contributed by atoms with Crippen molar-refractivity contribution in [2.45, 2.75) is 19.4 Å². The van der Waals surface area contributed by atoms with Crippen molar-refractivity contribution in [3.8, 4) is 0 Å². The molecule has 1 unspecified atom stereocenters. The number of rotatable bonds is 2. The third kappa shape index (κ3) is 2.02. The second-order valence-electron chi connectivity index (χ2n) is 4.61. The summed E-state index contributed by atoms with van der Waals surface area (Å²) in [5.41, 5.74) is 6.51. The zero-order chi connectivity index (χ0) is 13.3. The van der Waals surface area contributed by atoms with Crippen LogP contribution in [0.4, 0.5) is 8.78 Å². The van der Waals surface area contributed by atoms with Crippen molar-refractivity contribution >= 4 is 0 Å². The van der Waals surface area contributed by atoms with Crippen LogP contribution < -0.4 is 5.73 Å². The van der Waals surface area contributed by atoms with Gasteiger partial charge in [-0.1, -0.05) is 30.3 Å². The molecular formula is C15H15F2N. The lowest BCUT2D eigenvalue weighted by atomic mass is 9.82. The minimum Gasteiger partial charge on any atom is -0.318 e. The molecule has 2 rings (SSSR count). The van der Waals surface area contributed by atoms with Gasteiger partial charge in [0.2, 0.25) is 0 Å². The molecule has 0 amide bonds. The Hall–Kier alpha value is -1.74. The Morgan fingerprint density at radius 3 is 2.06 bits per heavy atom. The first-order valence-electron chi connectivity index (χ1n) is 5.74. The van der Waals surface area contributed by atoms with Crippen LogP contribution in [-0.2, 0) is 5.54 Å². The second-order valence-corrected chi connectivity index (χ2v) is 4.61. The van der Waals surface area contributed by atoms with Gasteiger partial charge in [0.1, 0.15) is 11.6 Å². The maximum Gasteiger partial charge on any atom is 0.131 e. The highest BCUT2D eigenvalue weighted by Crippen LogP contribution is 2.32. The summed E-state index contributed by atoms with van der Waals surface area (Å²) < 4.78 is 27.7. The summed E-state index contributed by atoms with van der Waals surface area (Å²) in [6, 6.07) is 11.1. The molecule has 1 atom stereocenters. The van der Waals surface area contributed by atoms with E-state index in [0.717, 1.165) is 5.56 Å². The van der Waals surface area contributed by atoms with E-state index < -0.39 is 17.2 Å².